The van der Waals surface area contributed by atoms with Gasteiger partial charge in [-0.1, -0.05) is 12.1 Å². The molecule has 0 atom stereocenters. The molecular weight excluding hydrogens is 296 g/mol. The molecule has 7 nitrogen and oxygen atoms in total. The summed E-state index contributed by atoms with van der Waals surface area (Å²) in [4.78, 5) is 31.2. The van der Waals surface area contributed by atoms with E-state index in [2.05, 4.69) is 20.8 Å². The molecule has 23 heavy (non-hydrogen) atoms. The van der Waals surface area contributed by atoms with Gasteiger partial charge >= 0.3 is 0 Å². The molecular formula is C16H14N4O3. The minimum Gasteiger partial charge on any atom is -0.496 e. The van der Waals surface area contributed by atoms with Gasteiger partial charge in [0.1, 0.15) is 5.75 Å². The Morgan fingerprint density at radius 3 is 2.70 bits per heavy atom. The molecule has 3 rings (SSSR count). The molecule has 0 bridgehead atoms. The minimum atomic E-state index is -0.460. The van der Waals surface area contributed by atoms with Crippen LogP contribution in [-0.4, -0.2) is 28.9 Å². The Bertz CT molecular complexity index is 872. The highest BCUT2D eigenvalue weighted by atomic mass is 16.5. The van der Waals surface area contributed by atoms with Crippen LogP contribution in [0.5, 0.6) is 5.75 Å². The third-order valence-corrected chi connectivity index (χ3v) is 3.32. The number of aromatic nitrogens is 2. The van der Waals surface area contributed by atoms with Crippen molar-refractivity contribution in [2.24, 2.45) is 0 Å². The number of nitrogens with one attached hydrogen (secondary N) is 3. The average Bonchev–Trinajstić information content (AvgIpc) is 3.06. The highest BCUT2D eigenvalue weighted by molar-refractivity contribution is 6.01. The van der Waals surface area contributed by atoms with E-state index in [1.807, 2.05) is 0 Å². The molecule has 7 heteroatoms. The van der Waals surface area contributed by atoms with Crippen LogP contribution in [0.25, 0.3) is 11.0 Å². The van der Waals surface area contributed by atoms with E-state index in [1.54, 1.807) is 48.8 Å². The maximum Gasteiger partial charge on any atom is 0.273 e. The molecule has 0 unspecified atom stereocenters. The summed E-state index contributed by atoms with van der Waals surface area (Å²) in [7, 11) is 1.48. The van der Waals surface area contributed by atoms with Crippen LogP contribution in [0.4, 0.5) is 0 Å². The number of nitrogens with zero attached hydrogens (tertiary/aromatic N) is 1. The molecule has 1 heterocycles. The van der Waals surface area contributed by atoms with Crippen LogP contribution in [0.2, 0.25) is 0 Å². The van der Waals surface area contributed by atoms with E-state index in [1.165, 1.54) is 7.11 Å². The fourth-order valence-electron chi connectivity index (χ4n) is 2.16. The van der Waals surface area contributed by atoms with E-state index < -0.39 is 11.8 Å². The predicted octanol–water partition coefficient (Wildman–Crippen LogP) is 1.65. The number of aromatic amines is 1. The van der Waals surface area contributed by atoms with Crippen LogP contribution >= 0.6 is 0 Å². The first kappa shape index (κ1) is 14.6. The van der Waals surface area contributed by atoms with Crippen LogP contribution in [0.1, 0.15) is 20.7 Å². The van der Waals surface area contributed by atoms with Gasteiger partial charge in [0.2, 0.25) is 0 Å². The number of hydrogen-bond donors (Lipinski definition) is 3. The number of H-pyrrole nitrogens is 1. The van der Waals surface area contributed by atoms with E-state index in [0.29, 0.717) is 16.9 Å². The summed E-state index contributed by atoms with van der Waals surface area (Å²) in [5.74, 6) is -0.457. The Hall–Kier alpha value is -3.35. The van der Waals surface area contributed by atoms with Gasteiger partial charge < -0.3 is 9.72 Å². The van der Waals surface area contributed by atoms with Gasteiger partial charge in [0.25, 0.3) is 11.8 Å². The van der Waals surface area contributed by atoms with E-state index >= 15 is 0 Å². The normalized spacial score (nSPS) is 10.3. The Labute approximate surface area is 131 Å². The molecule has 0 aliphatic carbocycles. The molecule has 0 spiro atoms. The topological polar surface area (TPSA) is 96.1 Å². The van der Waals surface area contributed by atoms with Gasteiger partial charge in [-0.3, -0.25) is 20.4 Å². The first-order valence-corrected chi connectivity index (χ1v) is 6.86. The van der Waals surface area contributed by atoms with Gasteiger partial charge in [-0.25, -0.2) is 4.98 Å². The molecule has 0 aliphatic heterocycles. The smallest absolute Gasteiger partial charge is 0.273 e. The number of imidazole rings is 1. The monoisotopic (exact) mass is 310 g/mol. The molecule has 1 aromatic heterocycles. The molecule has 0 fully saturated rings. The summed E-state index contributed by atoms with van der Waals surface area (Å²) in [6.45, 7) is 0. The number of ether oxygens (including phenoxy) is 1. The van der Waals surface area contributed by atoms with Crippen molar-refractivity contribution < 1.29 is 14.3 Å². The maximum absolute atomic E-state index is 12.1. The summed E-state index contributed by atoms with van der Waals surface area (Å²) in [6, 6.07) is 11.8. The van der Waals surface area contributed by atoms with Crippen molar-refractivity contribution in [1.29, 1.82) is 0 Å². The summed E-state index contributed by atoms with van der Waals surface area (Å²) in [5, 5.41) is 0. The Kier molecular flexibility index (Phi) is 3.92. The molecule has 0 aliphatic rings. The van der Waals surface area contributed by atoms with Gasteiger partial charge in [0.05, 0.1) is 30.0 Å². The number of carbonyl (C=O) groups is 2. The molecule has 2 aromatic carbocycles. The van der Waals surface area contributed by atoms with Crippen LogP contribution < -0.4 is 15.6 Å². The summed E-state index contributed by atoms with van der Waals surface area (Å²) >= 11 is 0. The average molecular weight is 310 g/mol. The van der Waals surface area contributed by atoms with E-state index in [0.717, 1.165) is 11.0 Å². The molecule has 3 aromatic rings. The second-order valence-corrected chi connectivity index (χ2v) is 4.74. The van der Waals surface area contributed by atoms with Crippen molar-refractivity contribution >= 4 is 22.8 Å². The van der Waals surface area contributed by atoms with Gasteiger partial charge in [-0.15, -0.1) is 0 Å². The maximum atomic E-state index is 12.1. The quantitative estimate of drug-likeness (QED) is 0.641. The summed E-state index contributed by atoms with van der Waals surface area (Å²) in [5.41, 5.74) is 6.99. The highest BCUT2D eigenvalue weighted by Crippen LogP contribution is 2.16. The van der Waals surface area contributed by atoms with Crippen LogP contribution in [0.3, 0.4) is 0 Å². The van der Waals surface area contributed by atoms with Crippen LogP contribution in [-0.2, 0) is 0 Å². The minimum absolute atomic E-state index is 0.333. The number of hydrazine groups is 1. The lowest BCUT2D eigenvalue weighted by molar-refractivity contribution is 0.0845. The van der Waals surface area contributed by atoms with Gasteiger partial charge in [-0.05, 0) is 30.3 Å². The zero-order valence-electron chi connectivity index (χ0n) is 12.3. The van der Waals surface area contributed by atoms with E-state index in [-0.39, 0.29) is 0 Å². The zero-order chi connectivity index (χ0) is 16.2. The molecule has 116 valence electrons. The number of hydrogen-bond acceptors (Lipinski definition) is 4. The second kappa shape index (κ2) is 6.18. The predicted molar refractivity (Wildman–Crippen MR) is 84.0 cm³/mol. The first-order chi connectivity index (χ1) is 11.2. The van der Waals surface area contributed by atoms with Crippen molar-refractivity contribution in [1.82, 2.24) is 20.8 Å². The molecule has 0 radical (unpaired) electrons. The van der Waals surface area contributed by atoms with Crippen molar-refractivity contribution in [2.45, 2.75) is 0 Å². The lowest BCUT2D eigenvalue weighted by atomic mass is 10.2. The number of carbonyl (C=O) groups excluding carboxylic acids is 2. The van der Waals surface area contributed by atoms with Crippen molar-refractivity contribution in [3.05, 3.63) is 59.9 Å². The third-order valence-electron chi connectivity index (χ3n) is 3.32. The van der Waals surface area contributed by atoms with Crippen molar-refractivity contribution in [2.75, 3.05) is 7.11 Å². The largest absolute Gasteiger partial charge is 0.496 e. The third kappa shape index (κ3) is 2.98. The number of methoxy groups -OCH3 is 1. The fourth-order valence-corrected chi connectivity index (χ4v) is 2.16. The number of fused-ring (bicyclic) bond motifs is 1. The zero-order valence-corrected chi connectivity index (χ0v) is 12.3. The fraction of sp³-hybridized carbons (Fsp3) is 0.0625. The highest BCUT2D eigenvalue weighted by Gasteiger charge is 2.13. The number of para-hydroxylation sites is 1. The standard InChI is InChI=1S/C16H14N4O3/c1-23-14-5-3-2-4-11(14)16(22)20-19-15(21)10-6-7-12-13(8-10)18-9-17-12/h2-9H,1H3,(H,17,18)(H,19,21)(H,20,22). The number of amides is 2. The summed E-state index contributed by atoms with van der Waals surface area (Å²) in [6.07, 6.45) is 1.55. The molecule has 2 amide bonds. The van der Waals surface area contributed by atoms with Crippen LogP contribution in [0.15, 0.2) is 48.8 Å². The lowest BCUT2D eigenvalue weighted by Crippen LogP contribution is -2.41. The Morgan fingerprint density at radius 2 is 1.87 bits per heavy atom. The van der Waals surface area contributed by atoms with Crippen molar-refractivity contribution in [3.8, 4) is 5.75 Å². The Morgan fingerprint density at radius 1 is 1.09 bits per heavy atom. The second-order valence-electron chi connectivity index (χ2n) is 4.74. The summed E-state index contributed by atoms with van der Waals surface area (Å²) < 4.78 is 5.11. The van der Waals surface area contributed by atoms with Gasteiger partial charge in [0.15, 0.2) is 0 Å². The number of benzene rings is 2. The van der Waals surface area contributed by atoms with Gasteiger partial charge in [0, 0.05) is 5.56 Å². The van der Waals surface area contributed by atoms with Gasteiger partial charge in [-0.2, -0.15) is 0 Å². The molecule has 0 saturated heterocycles. The lowest BCUT2D eigenvalue weighted by Gasteiger charge is -2.10. The van der Waals surface area contributed by atoms with Crippen LogP contribution in [0, 0.1) is 0 Å². The molecule has 0 saturated carbocycles. The SMILES string of the molecule is COc1ccccc1C(=O)NNC(=O)c1ccc2nc[nH]c2c1. The molecule has 3 N–H and O–H groups in total. The Balaban J connectivity index is 1.69. The van der Waals surface area contributed by atoms with E-state index in [4.69, 9.17) is 4.74 Å². The van der Waals surface area contributed by atoms with E-state index in [9.17, 15) is 9.59 Å². The first-order valence-electron chi connectivity index (χ1n) is 6.86. The number of rotatable bonds is 3. The van der Waals surface area contributed by atoms with Crippen molar-refractivity contribution in [3.63, 3.8) is 0 Å².